The lowest BCUT2D eigenvalue weighted by molar-refractivity contribution is -0.0880. The molecule has 1 fully saturated rings. The zero-order valence-corrected chi connectivity index (χ0v) is 8.83. The van der Waals surface area contributed by atoms with Gasteiger partial charge in [0.15, 0.2) is 6.29 Å². The van der Waals surface area contributed by atoms with E-state index in [-0.39, 0.29) is 6.29 Å². The molecule has 1 aliphatic heterocycles. The number of hydrogen-bond donors (Lipinski definition) is 0. The standard InChI is InChI=1S/C11H13ClO2/c1-13-11-6-9(7-14-11)8-2-4-10(12)5-3-8/h2-5,9,11H,6-7H2,1H3/t9-,11-/m1/s1. The number of methoxy groups -OCH3 is 1. The van der Waals surface area contributed by atoms with Crippen molar-refractivity contribution in [3.8, 4) is 0 Å². The van der Waals surface area contributed by atoms with E-state index >= 15 is 0 Å². The first-order valence-corrected chi connectivity index (χ1v) is 5.07. The van der Waals surface area contributed by atoms with E-state index in [2.05, 4.69) is 12.1 Å². The van der Waals surface area contributed by atoms with Gasteiger partial charge in [0.1, 0.15) is 0 Å². The molecule has 76 valence electrons. The Labute approximate surface area is 88.8 Å². The molecular weight excluding hydrogens is 200 g/mol. The summed E-state index contributed by atoms with van der Waals surface area (Å²) in [6.07, 6.45) is 0.883. The van der Waals surface area contributed by atoms with E-state index in [1.54, 1.807) is 7.11 Å². The number of ether oxygens (including phenoxy) is 2. The van der Waals surface area contributed by atoms with Crippen LogP contribution in [0, 0.1) is 0 Å². The summed E-state index contributed by atoms with van der Waals surface area (Å²) in [5.74, 6) is 0.442. The minimum Gasteiger partial charge on any atom is -0.356 e. The van der Waals surface area contributed by atoms with Gasteiger partial charge in [-0.05, 0) is 17.7 Å². The molecule has 0 unspecified atom stereocenters. The second-order valence-electron chi connectivity index (χ2n) is 3.48. The maximum Gasteiger partial charge on any atom is 0.157 e. The van der Waals surface area contributed by atoms with Gasteiger partial charge in [-0.15, -0.1) is 0 Å². The summed E-state index contributed by atoms with van der Waals surface area (Å²) in [6, 6.07) is 7.93. The van der Waals surface area contributed by atoms with Crippen LogP contribution >= 0.6 is 11.6 Å². The molecule has 1 saturated heterocycles. The Balaban J connectivity index is 2.06. The van der Waals surface area contributed by atoms with Gasteiger partial charge in [-0.2, -0.15) is 0 Å². The summed E-state index contributed by atoms with van der Waals surface area (Å²) >= 11 is 5.82. The predicted octanol–water partition coefficient (Wildman–Crippen LogP) is 2.82. The van der Waals surface area contributed by atoms with Crippen LogP contribution in [-0.2, 0) is 9.47 Å². The van der Waals surface area contributed by atoms with E-state index in [0.717, 1.165) is 18.1 Å². The Kier molecular flexibility index (Phi) is 3.06. The Bertz CT molecular complexity index is 297. The van der Waals surface area contributed by atoms with Crippen molar-refractivity contribution in [1.82, 2.24) is 0 Å². The van der Waals surface area contributed by atoms with Gasteiger partial charge in [-0.1, -0.05) is 23.7 Å². The van der Waals surface area contributed by atoms with Crippen LogP contribution in [0.4, 0.5) is 0 Å². The fourth-order valence-corrected chi connectivity index (χ4v) is 1.85. The highest BCUT2D eigenvalue weighted by molar-refractivity contribution is 6.30. The molecule has 0 N–H and O–H groups in total. The van der Waals surface area contributed by atoms with E-state index in [9.17, 15) is 0 Å². The first kappa shape index (κ1) is 9.97. The van der Waals surface area contributed by atoms with E-state index in [0.29, 0.717) is 5.92 Å². The summed E-state index contributed by atoms with van der Waals surface area (Å²) in [7, 11) is 1.68. The number of rotatable bonds is 2. The Hall–Kier alpha value is -0.570. The zero-order chi connectivity index (χ0) is 9.97. The molecule has 1 heterocycles. The molecule has 0 saturated carbocycles. The second-order valence-corrected chi connectivity index (χ2v) is 3.92. The molecule has 3 heteroatoms. The zero-order valence-electron chi connectivity index (χ0n) is 8.07. The van der Waals surface area contributed by atoms with Gasteiger partial charge < -0.3 is 9.47 Å². The molecule has 14 heavy (non-hydrogen) atoms. The highest BCUT2D eigenvalue weighted by atomic mass is 35.5. The van der Waals surface area contributed by atoms with Crippen LogP contribution in [0.25, 0.3) is 0 Å². The lowest BCUT2D eigenvalue weighted by Crippen LogP contribution is -2.06. The van der Waals surface area contributed by atoms with Crippen molar-refractivity contribution in [3.05, 3.63) is 34.9 Å². The lowest BCUT2D eigenvalue weighted by atomic mass is 9.98. The average molecular weight is 213 g/mol. The van der Waals surface area contributed by atoms with E-state index in [1.807, 2.05) is 12.1 Å². The van der Waals surface area contributed by atoms with Crippen molar-refractivity contribution < 1.29 is 9.47 Å². The van der Waals surface area contributed by atoms with Crippen LogP contribution in [0.3, 0.4) is 0 Å². The van der Waals surface area contributed by atoms with Crippen molar-refractivity contribution in [2.24, 2.45) is 0 Å². The maximum absolute atomic E-state index is 5.82. The molecule has 0 bridgehead atoms. The topological polar surface area (TPSA) is 18.5 Å². The monoisotopic (exact) mass is 212 g/mol. The van der Waals surface area contributed by atoms with Gasteiger partial charge in [-0.3, -0.25) is 0 Å². The molecule has 1 aromatic rings. The number of halogens is 1. The average Bonchev–Trinajstić information content (AvgIpc) is 2.67. The third kappa shape index (κ3) is 2.08. The molecule has 2 rings (SSSR count). The molecule has 2 nitrogen and oxygen atoms in total. The maximum atomic E-state index is 5.82. The normalized spacial score (nSPS) is 26.7. The number of hydrogen-bond acceptors (Lipinski definition) is 2. The van der Waals surface area contributed by atoms with E-state index in [1.165, 1.54) is 5.56 Å². The van der Waals surface area contributed by atoms with Crippen molar-refractivity contribution >= 4 is 11.6 Å². The first-order chi connectivity index (χ1) is 6.79. The molecule has 0 aliphatic carbocycles. The predicted molar refractivity (Wildman–Crippen MR) is 55.6 cm³/mol. The van der Waals surface area contributed by atoms with Gasteiger partial charge in [-0.25, -0.2) is 0 Å². The van der Waals surface area contributed by atoms with Crippen LogP contribution < -0.4 is 0 Å². The third-order valence-corrected chi connectivity index (χ3v) is 2.82. The van der Waals surface area contributed by atoms with Gasteiger partial charge in [0, 0.05) is 24.5 Å². The summed E-state index contributed by atoms with van der Waals surface area (Å²) in [6.45, 7) is 0.736. The van der Waals surface area contributed by atoms with Gasteiger partial charge >= 0.3 is 0 Å². The summed E-state index contributed by atoms with van der Waals surface area (Å²) in [4.78, 5) is 0. The molecule has 2 atom stereocenters. The van der Waals surface area contributed by atoms with Crippen LogP contribution in [0.5, 0.6) is 0 Å². The smallest absolute Gasteiger partial charge is 0.157 e. The van der Waals surface area contributed by atoms with E-state index in [4.69, 9.17) is 21.1 Å². The molecule has 0 amide bonds. The summed E-state index contributed by atoms with van der Waals surface area (Å²) in [5, 5.41) is 0.774. The van der Waals surface area contributed by atoms with Crippen molar-refractivity contribution in [2.75, 3.05) is 13.7 Å². The Morgan fingerprint density at radius 3 is 2.64 bits per heavy atom. The lowest BCUT2D eigenvalue weighted by Gasteiger charge is -2.07. The summed E-state index contributed by atoms with van der Waals surface area (Å²) < 4.78 is 10.6. The minimum atomic E-state index is -0.0457. The van der Waals surface area contributed by atoms with Gasteiger partial charge in [0.2, 0.25) is 0 Å². The highest BCUT2D eigenvalue weighted by Gasteiger charge is 2.26. The molecule has 1 aliphatic rings. The minimum absolute atomic E-state index is 0.0457. The quantitative estimate of drug-likeness (QED) is 0.751. The van der Waals surface area contributed by atoms with Crippen molar-refractivity contribution in [1.29, 1.82) is 0 Å². The molecular formula is C11H13ClO2. The molecule has 0 aromatic heterocycles. The number of benzene rings is 1. The molecule has 0 spiro atoms. The SMILES string of the molecule is CO[C@H]1C[C@@H](c2ccc(Cl)cc2)CO1. The highest BCUT2D eigenvalue weighted by Crippen LogP contribution is 2.30. The van der Waals surface area contributed by atoms with E-state index < -0.39 is 0 Å². The van der Waals surface area contributed by atoms with Gasteiger partial charge in [0.05, 0.1) is 6.61 Å². The Morgan fingerprint density at radius 2 is 2.07 bits per heavy atom. The van der Waals surface area contributed by atoms with Crippen molar-refractivity contribution in [2.45, 2.75) is 18.6 Å². The van der Waals surface area contributed by atoms with Crippen molar-refractivity contribution in [3.63, 3.8) is 0 Å². The van der Waals surface area contributed by atoms with Gasteiger partial charge in [0.25, 0.3) is 0 Å². The molecule has 0 radical (unpaired) electrons. The van der Waals surface area contributed by atoms with Crippen LogP contribution in [0.2, 0.25) is 5.02 Å². The fraction of sp³-hybridized carbons (Fsp3) is 0.455. The van der Waals surface area contributed by atoms with Crippen LogP contribution in [0.1, 0.15) is 17.9 Å². The molecule has 1 aromatic carbocycles. The Morgan fingerprint density at radius 1 is 1.36 bits per heavy atom. The van der Waals surface area contributed by atoms with Crippen LogP contribution in [0.15, 0.2) is 24.3 Å². The fourth-order valence-electron chi connectivity index (χ4n) is 1.72. The third-order valence-electron chi connectivity index (χ3n) is 2.56. The largest absolute Gasteiger partial charge is 0.356 e. The second kappa shape index (κ2) is 4.30. The van der Waals surface area contributed by atoms with Crippen LogP contribution in [-0.4, -0.2) is 20.0 Å². The summed E-state index contributed by atoms with van der Waals surface area (Å²) in [5.41, 5.74) is 1.27. The first-order valence-electron chi connectivity index (χ1n) is 4.69.